The normalized spacial score (nSPS) is 18.9. The summed E-state index contributed by atoms with van der Waals surface area (Å²) in [5.41, 5.74) is 0.817. The highest BCUT2D eigenvalue weighted by atomic mass is 16.6. The van der Waals surface area contributed by atoms with Gasteiger partial charge in [0, 0.05) is 17.7 Å². The van der Waals surface area contributed by atoms with Crippen LogP contribution in [-0.2, 0) is 0 Å². The van der Waals surface area contributed by atoms with Crippen molar-refractivity contribution in [2.45, 2.75) is 25.3 Å². The molecule has 3 rings (SSSR count). The van der Waals surface area contributed by atoms with Crippen molar-refractivity contribution in [3.63, 3.8) is 0 Å². The van der Waals surface area contributed by atoms with Gasteiger partial charge in [-0.05, 0) is 31.5 Å². The summed E-state index contributed by atoms with van der Waals surface area (Å²) < 4.78 is 5.86. The molecule has 5 nitrogen and oxygen atoms in total. The Labute approximate surface area is 116 Å². The monoisotopic (exact) mass is 272 g/mol. The van der Waals surface area contributed by atoms with Gasteiger partial charge in [0.2, 0.25) is 0 Å². The predicted octanol–water partition coefficient (Wildman–Crippen LogP) is 3.67. The number of hydrogen-bond donors (Lipinski definition) is 1. The van der Waals surface area contributed by atoms with Crippen LogP contribution < -0.4 is 5.32 Å². The quantitative estimate of drug-likeness (QED) is 0.683. The molecule has 1 aromatic heterocycles. The van der Waals surface area contributed by atoms with E-state index in [2.05, 4.69) is 5.32 Å². The summed E-state index contributed by atoms with van der Waals surface area (Å²) >= 11 is 0. The van der Waals surface area contributed by atoms with Crippen molar-refractivity contribution in [3.8, 4) is 11.3 Å². The van der Waals surface area contributed by atoms with Crippen LogP contribution in [0.2, 0.25) is 0 Å². The Morgan fingerprint density at radius 3 is 2.90 bits per heavy atom. The zero-order valence-electron chi connectivity index (χ0n) is 11.0. The first-order valence-electron chi connectivity index (χ1n) is 6.82. The van der Waals surface area contributed by atoms with Crippen molar-refractivity contribution >= 4 is 5.69 Å². The summed E-state index contributed by atoms with van der Waals surface area (Å²) in [6.45, 7) is 1.01. The minimum absolute atomic E-state index is 0.0799. The van der Waals surface area contributed by atoms with Gasteiger partial charge in [0.25, 0.3) is 5.69 Å². The van der Waals surface area contributed by atoms with Crippen molar-refractivity contribution < 1.29 is 9.34 Å². The van der Waals surface area contributed by atoms with E-state index in [1.807, 2.05) is 18.2 Å². The van der Waals surface area contributed by atoms with Crippen molar-refractivity contribution in [1.82, 2.24) is 5.32 Å². The minimum Gasteiger partial charge on any atom is -0.459 e. The lowest BCUT2D eigenvalue weighted by Crippen LogP contribution is -2.26. The van der Waals surface area contributed by atoms with Gasteiger partial charge < -0.3 is 9.73 Å². The van der Waals surface area contributed by atoms with E-state index >= 15 is 0 Å². The highest BCUT2D eigenvalue weighted by Crippen LogP contribution is 2.30. The van der Waals surface area contributed by atoms with Gasteiger partial charge >= 0.3 is 0 Å². The van der Waals surface area contributed by atoms with Crippen LogP contribution in [0.1, 0.15) is 31.1 Å². The fraction of sp³-hybridized carbons (Fsp3) is 0.333. The number of nitro benzene ring substituents is 1. The molecule has 0 radical (unpaired) electrons. The van der Waals surface area contributed by atoms with Crippen LogP contribution in [-0.4, -0.2) is 11.5 Å². The number of nitrogens with zero attached hydrogens (tertiary/aromatic N) is 1. The molecule has 2 heterocycles. The van der Waals surface area contributed by atoms with E-state index in [0.717, 1.165) is 24.3 Å². The Balaban J connectivity index is 1.85. The molecule has 5 heteroatoms. The van der Waals surface area contributed by atoms with Crippen molar-refractivity contribution in [2.75, 3.05) is 6.54 Å². The van der Waals surface area contributed by atoms with Crippen LogP contribution in [0.15, 0.2) is 40.8 Å². The van der Waals surface area contributed by atoms with E-state index in [0.29, 0.717) is 5.76 Å². The smallest absolute Gasteiger partial charge is 0.270 e. The summed E-state index contributed by atoms with van der Waals surface area (Å²) in [7, 11) is 0. The minimum atomic E-state index is -0.393. The first-order valence-corrected chi connectivity index (χ1v) is 6.82. The van der Waals surface area contributed by atoms with E-state index < -0.39 is 4.92 Å². The predicted molar refractivity (Wildman–Crippen MR) is 75.4 cm³/mol. The van der Waals surface area contributed by atoms with Crippen LogP contribution in [0.5, 0.6) is 0 Å². The maximum atomic E-state index is 10.8. The first-order chi connectivity index (χ1) is 9.74. The van der Waals surface area contributed by atoms with Crippen LogP contribution in [0.4, 0.5) is 5.69 Å². The number of benzene rings is 1. The molecule has 1 N–H and O–H groups in total. The van der Waals surface area contributed by atoms with E-state index in [-0.39, 0.29) is 11.7 Å². The second kappa shape index (κ2) is 5.46. The topological polar surface area (TPSA) is 68.3 Å². The maximum absolute atomic E-state index is 10.8. The molecule has 0 spiro atoms. The fourth-order valence-corrected chi connectivity index (χ4v) is 2.56. The van der Waals surface area contributed by atoms with Gasteiger partial charge in [-0.3, -0.25) is 10.1 Å². The molecule has 0 amide bonds. The molecule has 1 aliphatic heterocycles. The number of piperidine rings is 1. The number of nitro groups is 1. The van der Waals surface area contributed by atoms with Gasteiger partial charge in [0.1, 0.15) is 11.5 Å². The molecule has 1 aliphatic rings. The van der Waals surface area contributed by atoms with Gasteiger partial charge in [-0.25, -0.2) is 0 Å². The van der Waals surface area contributed by atoms with Crippen LogP contribution >= 0.6 is 0 Å². The molecule has 2 aromatic rings. The van der Waals surface area contributed by atoms with Gasteiger partial charge in [-0.2, -0.15) is 0 Å². The van der Waals surface area contributed by atoms with Crippen LogP contribution in [0, 0.1) is 10.1 Å². The summed E-state index contributed by atoms with van der Waals surface area (Å²) in [5, 5.41) is 14.2. The molecule has 1 atom stereocenters. The molecular formula is C15H16N2O3. The Morgan fingerprint density at radius 1 is 1.25 bits per heavy atom. The molecule has 0 bridgehead atoms. The second-order valence-electron chi connectivity index (χ2n) is 5.01. The summed E-state index contributed by atoms with van der Waals surface area (Å²) in [6, 6.07) is 10.6. The Bertz CT molecular complexity index is 615. The number of hydrogen-bond acceptors (Lipinski definition) is 4. The third-order valence-corrected chi connectivity index (χ3v) is 3.62. The first kappa shape index (κ1) is 12.9. The Morgan fingerprint density at radius 2 is 2.15 bits per heavy atom. The molecule has 104 valence electrons. The van der Waals surface area contributed by atoms with Crippen molar-refractivity contribution in [1.29, 1.82) is 0 Å². The average molecular weight is 272 g/mol. The van der Waals surface area contributed by atoms with Crippen molar-refractivity contribution in [2.24, 2.45) is 0 Å². The molecule has 1 fully saturated rings. The number of nitrogens with one attached hydrogen (secondary N) is 1. The largest absolute Gasteiger partial charge is 0.459 e. The molecular weight excluding hydrogens is 256 g/mol. The summed E-state index contributed by atoms with van der Waals surface area (Å²) in [6.07, 6.45) is 3.47. The zero-order valence-corrected chi connectivity index (χ0v) is 11.0. The Kier molecular flexibility index (Phi) is 3.52. The zero-order chi connectivity index (χ0) is 13.9. The second-order valence-corrected chi connectivity index (χ2v) is 5.01. The lowest BCUT2D eigenvalue weighted by Gasteiger charge is -2.21. The summed E-state index contributed by atoms with van der Waals surface area (Å²) in [4.78, 5) is 10.4. The van der Waals surface area contributed by atoms with Crippen molar-refractivity contribution in [3.05, 3.63) is 52.3 Å². The number of rotatable bonds is 3. The third kappa shape index (κ3) is 2.58. The molecule has 0 saturated carbocycles. The summed E-state index contributed by atoms with van der Waals surface area (Å²) in [5.74, 6) is 1.59. The van der Waals surface area contributed by atoms with Gasteiger partial charge in [-0.1, -0.05) is 18.6 Å². The highest BCUT2D eigenvalue weighted by molar-refractivity contribution is 5.61. The molecule has 20 heavy (non-hydrogen) atoms. The van der Waals surface area contributed by atoms with E-state index in [1.54, 1.807) is 6.07 Å². The molecule has 1 aromatic carbocycles. The molecule has 1 saturated heterocycles. The number of furan rings is 1. The standard InChI is InChI=1S/C15H16N2O3/c18-17(19)12-5-3-4-11(10-12)14-7-8-15(20-14)13-6-1-2-9-16-13/h3-5,7-8,10,13,16H,1-2,6,9H2/t13-/m0/s1. The molecule has 0 unspecified atom stereocenters. The maximum Gasteiger partial charge on any atom is 0.270 e. The van der Waals surface area contributed by atoms with E-state index in [4.69, 9.17) is 4.42 Å². The molecule has 0 aliphatic carbocycles. The SMILES string of the molecule is O=[N+]([O-])c1cccc(-c2ccc([C@@H]3CCCCN3)o2)c1. The van der Waals surface area contributed by atoms with Crippen LogP contribution in [0.25, 0.3) is 11.3 Å². The number of non-ortho nitro benzene ring substituents is 1. The van der Waals surface area contributed by atoms with Gasteiger partial charge in [0.15, 0.2) is 0 Å². The van der Waals surface area contributed by atoms with Gasteiger partial charge in [-0.15, -0.1) is 0 Å². The van der Waals surface area contributed by atoms with Crippen LogP contribution in [0.3, 0.4) is 0 Å². The lowest BCUT2D eigenvalue weighted by molar-refractivity contribution is -0.384. The lowest BCUT2D eigenvalue weighted by atomic mass is 10.0. The third-order valence-electron chi connectivity index (χ3n) is 3.62. The van der Waals surface area contributed by atoms with E-state index in [1.165, 1.54) is 25.0 Å². The fourth-order valence-electron chi connectivity index (χ4n) is 2.56. The highest BCUT2D eigenvalue weighted by Gasteiger charge is 2.18. The average Bonchev–Trinajstić information content (AvgIpc) is 2.98. The Hall–Kier alpha value is -2.14. The van der Waals surface area contributed by atoms with E-state index in [9.17, 15) is 10.1 Å². The van der Waals surface area contributed by atoms with Gasteiger partial charge in [0.05, 0.1) is 11.0 Å².